The smallest absolute Gasteiger partial charge is 0.320 e. The largest absolute Gasteiger partial charge is 0.459 e. The predicted octanol–water partition coefficient (Wildman–Crippen LogP) is 4.36. The zero-order valence-corrected chi connectivity index (χ0v) is 24.4. The summed E-state index contributed by atoms with van der Waals surface area (Å²) >= 11 is 1.33. The first-order valence-corrected chi connectivity index (χ1v) is 14.6. The van der Waals surface area contributed by atoms with Gasteiger partial charge < -0.3 is 15.0 Å². The molecule has 0 unspecified atom stereocenters. The molecule has 2 amide bonds. The summed E-state index contributed by atoms with van der Waals surface area (Å²) in [5.41, 5.74) is 1.17. The van der Waals surface area contributed by atoms with Crippen LogP contribution in [0.5, 0.6) is 0 Å². The minimum atomic E-state index is -0.823. The summed E-state index contributed by atoms with van der Waals surface area (Å²) in [4.78, 5) is 43.5. The Balaban J connectivity index is 1.60. The van der Waals surface area contributed by atoms with Crippen LogP contribution in [0.25, 0.3) is 0 Å². The van der Waals surface area contributed by atoms with Crippen LogP contribution in [0.4, 0.5) is 0 Å². The summed E-state index contributed by atoms with van der Waals surface area (Å²) < 4.78 is 5.52. The normalized spacial score (nSPS) is 15.8. The molecule has 0 spiro atoms. The highest BCUT2D eigenvalue weighted by Gasteiger charge is 2.41. The second kappa shape index (κ2) is 13.6. The molecule has 1 aliphatic heterocycles. The van der Waals surface area contributed by atoms with Gasteiger partial charge in [0, 0.05) is 17.3 Å². The van der Waals surface area contributed by atoms with Crippen molar-refractivity contribution in [3.63, 3.8) is 0 Å². The highest BCUT2D eigenvalue weighted by atomic mass is 32.1. The summed E-state index contributed by atoms with van der Waals surface area (Å²) in [7, 11) is 0. The fourth-order valence-corrected chi connectivity index (χ4v) is 5.87. The molecule has 0 bridgehead atoms. The van der Waals surface area contributed by atoms with Gasteiger partial charge in [-0.15, -0.1) is 11.3 Å². The average molecular weight is 573 g/mol. The molecule has 2 aromatic carbocycles. The third-order valence-corrected chi connectivity index (χ3v) is 7.84. The molecule has 0 aliphatic carbocycles. The number of carbonyl (C=O) groups is 3. The lowest BCUT2D eigenvalue weighted by molar-refractivity contribution is -0.154. The molecule has 41 heavy (non-hydrogen) atoms. The summed E-state index contributed by atoms with van der Waals surface area (Å²) in [5, 5.41) is 15.2. The first-order chi connectivity index (χ1) is 19.7. The Labute approximate surface area is 245 Å². The Kier molecular flexibility index (Phi) is 9.92. The summed E-state index contributed by atoms with van der Waals surface area (Å²) in [6.07, 6.45) is 1.24. The van der Waals surface area contributed by atoms with E-state index >= 15 is 0 Å². The maximum Gasteiger partial charge on any atom is 0.320 e. The number of carbonyl (C=O) groups excluding carboxylic acids is 3. The van der Waals surface area contributed by atoms with Gasteiger partial charge in [-0.05, 0) is 56.9 Å². The molecule has 0 saturated carbocycles. The molecule has 1 fully saturated rings. The van der Waals surface area contributed by atoms with E-state index in [4.69, 9.17) is 10.00 Å². The number of hydrogen-bond donors (Lipinski definition) is 2. The number of nitrogens with one attached hydrogen (secondary N) is 2. The second-order valence-corrected chi connectivity index (χ2v) is 12.2. The summed E-state index contributed by atoms with van der Waals surface area (Å²) in [6.45, 7) is 5.98. The van der Waals surface area contributed by atoms with Crippen LogP contribution in [0.3, 0.4) is 0 Å². The monoisotopic (exact) mass is 572 g/mol. The van der Waals surface area contributed by atoms with E-state index < -0.39 is 29.6 Å². The second-order valence-electron chi connectivity index (χ2n) is 11.0. The van der Waals surface area contributed by atoms with Gasteiger partial charge in [0.25, 0.3) is 0 Å². The van der Waals surface area contributed by atoms with Crippen LogP contribution < -0.4 is 10.6 Å². The van der Waals surface area contributed by atoms with E-state index in [1.807, 2.05) is 66.7 Å². The van der Waals surface area contributed by atoms with Gasteiger partial charge in [-0.2, -0.15) is 5.26 Å². The van der Waals surface area contributed by atoms with Crippen molar-refractivity contribution in [1.29, 1.82) is 5.26 Å². The predicted molar refractivity (Wildman–Crippen MR) is 158 cm³/mol. The number of nitrogens with zero attached hydrogens (tertiary/aromatic N) is 2. The lowest BCUT2D eigenvalue weighted by Gasteiger charge is -2.34. The van der Waals surface area contributed by atoms with Crippen molar-refractivity contribution in [3.8, 4) is 6.07 Å². The van der Waals surface area contributed by atoms with E-state index in [0.717, 1.165) is 16.0 Å². The van der Waals surface area contributed by atoms with Gasteiger partial charge in [0.2, 0.25) is 11.8 Å². The van der Waals surface area contributed by atoms with Crippen LogP contribution in [0, 0.1) is 11.3 Å². The number of ether oxygens (including phenoxy) is 1. The van der Waals surface area contributed by atoms with Crippen molar-refractivity contribution in [2.24, 2.45) is 0 Å². The van der Waals surface area contributed by atoms with Crippen molar-refractivity contribution in [2.75, 3.05) is 13.1 Å². The van der Waals surface area contributed by atoms with E-state index in [-0.39, 0.29) is 18.4 Å². The number of hydrogen-bond acceptors (Lipinski definition) is 7. The molecule has 2 N–H and O–H groups in total. The van der Waals surface area contributed by atoms with E-state index in [1.165, 1.54) is 11.3 Å². The fraction of sp³-hybridized carbons (Fsp3) is 0.375. The number of nitriles is 1. The average Bonchev–Trinajstić information content (AvgIpc) is 3.64. The molecular formula is C32H36N4O4S. The topological polar surface area (TPSA) is 112 Å². The van der Waals surface area contributed by atoms with Crippen LogP contribution in [0.2, 0.25) is 0 Å². The Morgan fingerprint density at radius 3 is 2.22 bits per heavy atom. The van der Waals surface area contributed by atoms with E-state index in [0.29, 0.717) is 30.8 Å². The number of rotatable bonds is 10. The molecule has 9 heteroatoms. The third kappa shape index (κ3) is 8.03. The highest BCUT2D eigenvalue weighted by Crippen LogP contribution is 2.31. The van der Waals surface area contributed by atoms with Crippen LogP contribution in [0.15, 0.2) is 72.8 Å². The quantitative estimate of drug-likeness (QED) is 0.349. The molecule has 214 valence electrons. The molecule has 8 nitrogen and oxygen atoms in total. The van der Waals surface area contributed by atoms with E-state index in [2.05, 4.69) is 16.7 Å². The first-order valence-electron chi connectivity index (χ1n) is 13.8. The van der Waals surface area contributed by atoms with Gasteiger partial charge in [0.1, 0.15) is 22.6 Å². The van der Waals surface area contributed by atoms with Crippen LogP contribution in [0.1, 0.15) is 60.4 Å². The van der Waals surface area contributed by atoms with E-state index in [9.17, 15) is 14.4 Å². The van der Waals surface area contributed by atoms with Gasteiger partial charge in [0.15, 0.2) is 0 Å². The zero-order valence-electron chi connectivity index (χ0n) is 23.6. The minimum absolute atomic E-state index is 0.159. The molecular weight excluding hydrogens is 536 g/mol. The van der Waals surface area contributed by atoms with Crippen LogP contribution >= 0.6 is 11.3 Å². The lowest BCUT2D eigenvalue weighted by Crippen LogP contribution is -2.55. The van der Waals surface area contributed by atoms with Gasteiger partial charge in [-0.3, -0.25) is 19.7 Å². The Morgan fingerprint density at radius 1 is 1.02 bits per heavy atom. The van der Waals surface area contributed by atoms with Crippen molar-refractivity contribution in [3.05, 3.63) is 93.7 Å². The zero-order chi connectivity index (χ0) is 29.4. The SMILES string of the molecule is CC(C)(C)OC(=O)CN[C@@H](C(=O)N1CCC[C@H]1C(=O)NCc1ccc(C#N)s1)C(c1ccccc1)c1ccccc1. The summed E-state index contributed by atoms with van der Waals surface area (Å²) in [5.74, 6) is -1.35. The molecule has 0 radical (unpaired) electrons. The fourth-order valence-electron chi connectivity index (χ4n) is 5.12. The van der Waals surface area contributed by atoms with Crippen molar-refractivity contribution >= 4 is 29.1 Å². The molecule has 1 saturated heterocycles. The van der Waals surface area contributed by atoms with Crippen LogP contribution in [-0.2, 0) is 25.7 Å². The number of esters is 1. The molecule has 3 aromatic rings. The Hall–Kier alpha value is -4.00. The van der Waals surface area contributed by atoms with Gasteiger partial charge >= 0.3 is 5.97 Å². The Morgan fingerprint density at radius 2 is 1.66 bits per heavy atom. The number of thiophene rings is 1. The third-order valence-electron chi connectivity index (χ3n) is 6.85. The standard InChI is InChI=1S/C32H36N4O4S/c1-32(2,3)40-27(37)21-34-29(28(22-11-6-4-7-12-22)23-13-8-5-9-14-23)31(39)36-18-10-15-26(36)30(38)35-20-25-17-16-24(19-33)41-25/h4-9,11-14,16-17,26,28-29,34H,10,15,18,20-21H2,1-3H3,(H,35,38)/t26-,29+/m0/s1. The minimum Gasteiger partial charge on any atom is -0.459 e. The van der Waals surface area contributed by atoms with Crippen molar-refractivity contribution < 1.29 is 19.1 Å². The number of amides is 2. The molecule has 1 aliphatic rings. The molecule has 2 atom stereocenters. The highest BCUT2D eigenvalue weighted by molar-refractivity contribution is 7.12. The summed E-state index contributed by atoms with van der Waals surface area (Å²) in [6, 6.07) is 23.6. The number of benzene rings is 2. The lowest BCUT2D eigenvalue weighted by atomic mass is 9.84. The maximum absolute atomic E-state index is 14.4. The van der Waals surface area contributed by atoms with Gasteiger partial charge in [0.05, 0.1) is 19.1 Å². The first kappa shape index (κ1) is 30.0. The molecule has 2 heterocycles. The number of likely N-dealkylation sites (tertiary alicyclic amines) is 1. The van der Waals surface area contributed by atoms with Crippen molar-refractivity contribution in [1.82, 2.24) is 15.5 Å². The van der Waals surface area contributed by atoms with Gasteiger partial charge in [-0.1, -0.05) is 60.7 Å². The van der Waals surface area contributed by atoms with Gasteiger partial charge in [-0.25, -0.2) is 0 Å². The maximum atomic E-state index is 14.4. The van der Waals surface area contributed by atoms with Crippen molar-refractivity contribution in [2.45, 2.75) is 63.8 Å². The molecule has 1 aromatic heterocycles. The molecule has 4 rings (SSSR count). The van der Waals surface area contributed by atoms with E-state index in [1.54, 1.807) is 31.7 Å². The van der Waals surface area contributed by atoms with Crippen LogP contribution in [-0.4, -0.2) is 53.5 Å². The Bertz CT molecular complexity index is 1340.